The Morgan fingerprint density at radius 1 is 1.46 bits per heavy atom. The Bertz CT molecular complexity index is 192. The van der Waals surface area contributed by atoms with Gasteiger partial charge < -0.3 is 11.1 Å². The van der Waals surface area contributed by atoms with E-state index in [1.807, 2.05) is 0 Å². The molecule has 0 radical (unpaired) electrons. The molecule has 4 N–H and O–H groups in total. The maximum absolute atomic E-state index is 5.92. The van der Waals surface area contributed by atoms with Crippen LogP contribution in [0.25, 0.3) is 0 Å². The van der Waals surface area contributed by atoms with Gasteiger partial charge in [-0.25, -0.2) is 0 Å². The SMILES string of the molecule is CC1(C)CN(C2NCC2N)CCN1. The summed E-state index contributed by atoms with van der Waals surface area (Å²) >= 11 is 0. The quantitative estimate of drug-likeness (QED) is 0.485. The van der Waals surface area contributed by atoms with Gasteiger partial charge in [-0.05, 0) is 13.8 Å². The van der Waals surface area contributed by atoms with E-state index in [2.05, 4.69) is 29.4 Å². The average Bonchev–Trinajstić information content (AvgIpc) is 2.00. The van der Waals surface area contributed by atoms with Crippen molar-refractivity contribution in [3.05, 3.63) is 0 Å². The second kappa shape index (κ2) is 3.20. The minimum atomic E-state index is 0.231. The maximum Gasteiger partial charge on any atom is 0.0767 e. The highest BCUT2D eigenvalue weighted by Crippen LogP contribution is 2.16. The fraction of sp³-hybridized carbons (Fsp3) is 1.00. The molecular formula is C9H20N4. The van der Waals surface area contributed by atoms with E-state index in [0.717, 1.165) is 26.2 Å². The highest BCUT2D eigenvalue weighted by Gasteiger charge is 2.36. The summed E-state index contributed by atoms with van der Waals surface area (Å²) in [5.74, 6) is 0. The monoisotopic (exact) mass is 184 g/mol. The smallest absolute Gasteiger partial charge is 0.0767 e. The number of nitrogens with zero attached hydrogens (tertiary/aromatic N) is 1. The Morgan fingerprint density at radius 3 is 2.69 bits per heavy atom. The third-order valence-corrected chi connectivity index (χ3v) is 2.96. The third kappa shape index (κ3) is 1.86. The molecular weight excluding hydrogens is 164 g/mol. The van der Waals surface area contributed by atoms with Gasteiger partial charge in [-0.2, -0.15) is 0 Å². The molecule has 0 aromatic heterocycles. The molecule has 0 amide bonds. The van der Waals surface area contributed by atoms with Crippen LogP contribution in [0.3, 0.4) is 0 Å². The normalized spacial score (nSPS) is 39.9. The minimum absolute atomic E-state index is 0.231. The van der Waals surface area contributed by atoms with Gasteiger partial charge in [0.25, 0.3) is 0 Å². The average molecular weight is 184 g/mol. The minimum Gasteiger partial charge on any atom is -0.324 e. The van der Waals surface area contributed by atoms with Gasteiger partial charge in [0, 0.05) is 37.8 Å². The molecule has 2 heterocycles. The van der Waals surface area contributed by atoms with Crippen LogP contribution in [-0.2, 0) is 0 Å². The first-order valence-electron chi connectivity index (χ1n) is 5.06. The molecule has 2 fully saturated rings. The van der Waals surface area contributed by atoms with E-state index >= 15 is 0 Å². The summed E-state index contributed by atoms with van der Waals surface area (Å²) in [6.45, 7) is 8.70. The van der Waals surface area contributed by atoms with Gasteiger partial charge >= 0.3 is 0 Å². The Kier molecular flexibility index (Phi) is 2.32. The van der Waals surface area contributed by atoms with Crippen LogP contribution in [0.1, 0.15) is 13.8 Å². The van der Waals surface area contributed by atoms with Crippen LogP contribution in [0.15, 0.2) is 0 Å². The second-order valence-corrected chi connectivity index (χ2v) is 4.80. The summed E-state index contributed by atoms with van der Waals surface area (Å²) < 4.78 is 0. The number of rotatable bonds is 1. The molecule has 2 saturated heterocycles. The van der Waals surface area contributed by atoms with E-state index in [1.54, 1.807) is 0 Å². The van der Waals surface area contributed by atoms with Crippen molar-refractivity contribution < 1.29 is 0 Å². The van der Waals surface area contributed by atoms with Crippen LogP contribution < -0.4 is 16.4 Å². The van der Waals surface area contributed by atoms with Crippen molar-refractivity contribution in [2.75, 3.05) is 26.2 Å². The van der Waals surface area contributed by atoms with Crippen LogP contribution in [0.4, 0.5) is 0 Å². The second-order valence-electron chi connectivity index (χ2n) is 4.80. The molecule has 2 rings (SSSR count). The predicted octanol–water partition coefficient (Wildman–Crippen LogP) is -1.07. The van der Waals surface area contributed by atoms with E-state index in [1.165, 1.54) is 0 Å². The Labute approximate surface area is 79.8 Å². The molecule has 2 atom stereocenters. The van der Waals surface area contributed by atoms with Crippen molar-refractivity contribution in [1.29, 1.82) is 0 Å². The van der Waals surface area contributed by atoms with Crippen molar-refractivity contribution in [2.24, 2.45) is 5.73 Å². The summed E-state index contributed by atoms with van der Waals surface area (Å²) in [4.78, 5) is 2.45. The fourth-order valence-electron chi connectivity index (χ4n) is 2.18. The van der Waals surface area contributed by atoms with Gasteiger partial charge in [-0.1, -0.05) is 0 Å². The van der Waals surface area contributed by atoms with Crippen LogP contribution in [0.2, 0.25) is 0 Å². The van der Waals surface area contributed by atoms with Gasteiger partial charge in [-0.15, -0.1) is 0 Å². The zero-order valence-corrected chi connectivity index (χ0v) is 8.51. The lowest BCUT2D eigenvalue weighted by Crippen LogP contribution is -2.73. The zero-order valence-electron chi connectivity index (χ0n) is 8.51. The molecule has 4 nitrogen and oxygen atoms in total. The molecule has 2 unspecified atom stereocenters. The Balaban J connectivity index is 1.92. The van der Waals surface area contributed by atoms with Gasteiger partial charge in [0.2, 0.25) is 0 Å². The highest BCUT2D eigenvalue weighted by molar-refractivity contribution is 4.96. The largest absolute Gasteiger partial charge is 0.324 e. The van der Waals surface area contributed by atoms with Crippen molar-refractivity contribution in [3.8, 4) is 0 Å². The van der Waals surface area contributed by atoms with Crippen LogP contribution in [0.5, 0.6) is 0 Å². The zero-order chi connectivity index (χ0) is 9.47. The first-order chi connectivity index (χ1) is 6.08. The number of hydrogen-bond donors (Lipinski definition) is 3. The fourth-order valence-corrected chi connectivity index (χ4v) is 2.18. The lowest BCUT2D eigenvalue weighted by molar-refractivity contribution is 0.0404. The van der Waals surface area contributed by atoms with Crippen molar-refractivity contribution in [2.45, 2.75) is 31.6 Å². The van der Waals surface area contributed by atoms with Crippen molar-refractivity contribution in [3.63, 3.8) is 0 Å². The van der Waals surface area contributed by atoms with E-state index in [9.17, 15) is 0 Å². The number of nitrogens with one attached hydrogen (secondary N) is 2. The molecule has 2 aliphatic heterocycles. The lowest BCUT2D eigenvalue weighted by atomic mass is 9.98. The van der Waals surface area contributed by atoms with Gasteiger partial charge in [0.05, 0.1) is 6.17 Å². The summed E-state index contributed by atoms with van der Waals surface area (Å²) in [6.07, 6.45) is 0.418. The summed E-state index contributed by atoms with van der Waals surface area (Å²) in [6, 6.07) is 0.328. The standard InChI is InChI=1S/C9H20N4/c1-9(2)6-13(4-3-12-9)8-7(10)5-11-8/h7-8,11-12H,3-6,10H2,1-2H3. The summed E-state index contributed by atoms with van der Waals surface area (Å²) in [5, 5.41) is 6.87. The third-order valence-electron chi connectivity index (χ3n) is 2.96. The molecule has 0 bridgehead atoms. The summed E-state index contributed by atoms with van der Waals surface area (Å²) in [7, 11) is 0. The number of hydrogen-bond acceptors (Lipinski definition) is 4. The Morgan fingerprint density at radius 2 is 2.23 bits per heavy atom. The summed E-state index contributed by atoms with van der Waals surface area (Å²) in [5.41, 5.74) is 6.15. The molecule has 2 aliphatic rings. The van der Waals surface area contributed by atoms with Crippen molar-refractivity contribution >= 4 is 0 Å². The van der Waals surface area contributed by atoms with E-state index < -0.39 is 0 Å². The number of piperazine rings is 1. The van der Waals surface area contributed by atoms with E-state index in [0.29, 0.717) is 12.2 Å². The molecule has 13 heavy (non-hydrogen) atoms. The van der Waals surface area contributed by atoms with E-state index in [-0.39, 0.29) is 5.54 Å². The topological polar surface area (TPSA) is 53.3 Å². The Hall–Kier alpha value is -0.160. The van der Waals surface area contributed by atoms with Crippen LogP contribution >= 0.6 is 0 Å². The molecule has 0 spiro atoms. The van der Waals surface area contributed by atoms with Crippen molar-refractivity contribution in [1.82, 2.24) is 15.5 Å². The van der Waals surface area contributed by atoms with Gasteiger partial charge in [0.15, 0.2) is 0 Å². The first kappa shape index (κ1) is 9.40. The molecule has 0 saturated carbocycles. The number of nitrogens with two attached hydrogens (primary N) is 1. The highest BCUT2D eigenvalue weighted by atomic mass is 15.4. The van der Waals surface area contributed by atoms with E-state index in [4.69, 9.17) is 5.73 Å². The molecule has 76 valence electrons. The lowest BCUT2D eigenvalue weighted by Gasteiger charge is -2.49. The van der Waals surface area contributed by atoms with Gasteiger partial charge in [0.1, 0.15) is 0 Å². The van der Waals surface area contributed by atoms with Crippen LogP contribution in [-0.4, -0.2) is 48.8 Å². The molecule has 0 aromatic carbocycles. The molecule has 4 heteroatoms. The van der Waals surface area contributed by atoms with Gasteiger partial charge in [-0.3, -0.25) is 10.2 Å². The maximum atomic E-state index is 5.92. The predicted molar refractivity (Wildman–Crippen MR) is 53.4 cm³/mol. The first-order valence-corrected chi connectivity index (χ1v) is 5.06. The molecule has 0 aromatic rings. The molecule has 0 aliphatic carbocycles. The van der Waals surface area contributed by atoms with Crippen LogP contribution in [0, 0.1) is 0 Å².